The van der Waals surface area contributed by atoms with E-state index in [2.05, 4.69) is 0 Å². The second kappa shape index (κ2) is 5.21. The average molecular weight is 191 g/mol. The molecule has 0 atom stereocenters. The number of carbonyl (C=O) groups excluding carboxylic acids is 1. The number of carbonyl (C=O) groups is 1. The molecule has 5 heteroatoms. The normalized spacial score (nSPS) is 9.00. The van der Waals surface area contributed by atoms with Crippen molar-refractivity contribution in [2.24, 2.45) is 0 Å². The van der Waals surface area contributed by atoms with Crippen molar-refractivity contribution >= 4 is 11.7 Å². The van der Waals surface area contributed by atoms with Gasteiger partial charge in [0.1, 0.15) is 5.82 Å². The van der Waals surface area contributed by atoms with E-state index in [4.69, 9.17) is 5.73 Å². The molecule has 1 rings (SSSR count). The van der Waals surface area contributed by atoms with E-state index in [0.717, 1.165) is 12.1 Å². The van der Waals surface area contributed by atoms with Gasteiger partial charge >= 0.3 is 29.6 Å². The van der Waals surface area contributed by atoms with Crippen molar-refractivity contribution in [1.82, 2.24) is 0 Å². The van der Waals surface area contributed by atoms with Crippen LogP contribution < -0.4 is 40.4 Å². The zero-order valence-corrected chi connectivity index (χ0v) is 9.21. The number of benzene rings is 1. The molecule has 0 aliphatic carbocycles. The van der Waals surface area contributed by atoms with Crippen LogP contribution in [0.2, 0.25) is 0 Å². The molecule has 3 nitrogen and oxygen atoms in total. The Morgan fingerprint density at radius 1 is 1.54 bits per heavy atom. The Morgan fingerprint density at radius 3 is 2.62 bits per heavy atom. The van der Waals surface area contributed by atoms with Crippen LogP contribution in [-0.4, -0.2) is 5.97 Å². The smallest absolute Gasteiger partial charge is 0.550 e. The van der Waals surface area contributed by atoms with Gasteiger partial charge in [-0.05, 0) is 17.7 Å². The van der Waals surface area contributed by atoms with Gasteiger partial charge in [-0.25, -0.2) is 4.39 Å². The summed E-state index contributed by atoms with van der Waals surface area (Å²) in [6, 6.07) is 3.58. The van der Waals surface area contributed by atoms with Crippen LogP contribution in [0.1, 0.15) is 5.56 Å². The van der Waals surface area contributed by atoms with Gasteiger partial charge in [-0.2, -0.15) is 0 Å². The second-order valence-corrected chi connectivity index (χ2v) is 2.39. The van der Waals surface area contributed by atoms with Crippen LogP contribution in [0.5, 0.6) is 0 Å². The van der Waals surface area contributed by atoms with E-state index in [-0.39, 0.29) is 41.7 Å². The first-order chi connectivity index (χ1) is 5.59. The summed E-state index contributed by atoms with van der Waals surface area (Å²) in [5.74, 6) is -1.71. The Morgan fingerprint density at radius 2 is 2.15 bits per heavy atom. The largest absolute Gasteiger partial charge is 1.00 e. The molecule has 0 radical (unpaired) electrons. The van der Waals surface area contributed by atoms with Gasteiger partial charge in [-0.1, -0.05) is 6.07 Å². The molecule has 1 aromatic rings. The molecule has 0 aromatic heterocycles. The fraction of sp³-hybridized carbons (Fsp3) is 0.125. The van der Waals surface area contributed by atoms with Crippen LogP contribution >= 0.6 is 0 Å². The third-order valence-corrected chi connectivity index (χ3v) is 1.44. The first kappa shape index (κ1) is 12.4. The second-order valence-electron chi connectivity index (χ2n) is 2.39. The molecule has 0 unspecified atom stereocenters. The van der Waals surface area contributed by atoms with Crippen molar-refractivity contribution in [3.05, 3.63) is 29.6 Å². The number of carboxylic acid groups (broad SMARTS) is 1. The van der Waals surface area contributed by atoms with Gasteiger partial charge in [0.15, 0.2) is 0 Å². The number of halogens is 1. The molecule has 0 spiro atoms. The average Bonchev–Trinajstić information content (AvgIpc) is 1.94. The summed E-state index contributed by atoms with van der Waals surface area (Å²) in [6.45, 7) is 0. The molecule has 0 bridgehead atoms. The fourth-order valence-corrected chi connectivity index (χ4v) is 0.882. The van der Waals surface area contributed by atoms with Crippen LogP contribution in [0.3, 0.4) is 0 Å². The Bertz CT molecular complexity index is 317. The van der Waals surface area contributed by atoms with Crippen LogP contribution in [0.15, 0.2) is 18.2 Å². The van der Waals surface area contributed by atoms with Crippen molar-refractivity contribution in [2.75, 3.05) is 5.73 Å². The molecular weight excluding hydrogens is 184 g/mol. The summed E-state index contributed by atoms with van der Waals surface area (Å²) in [5.41, 5.74) is 5.85. The molecule has 13 heavy (non-hydrogen) atoms. The molecule has 0 amide bonds. The molecule has 0 heterocycles. The summed E-state index contributed by atoms with van der Waals surface area (Å²) in [5, 5.41) is 10.1. The number of aliphatic carboxylic acids is 1. The molecule has 0 aliphatic rings. The van der Waals surface area contributed by atoms with Gasteiger partial charge in [0.2, 0.25) is 0 Å². The molecule has 64 valence electrons. The predicted molar refractivity (Wildman–Crippen MR) is 39.5 cm³/mol. The third kappa shape index (κ3) is 3.76. The number of hydrogen-bond acceptors (Lipinski definition) is 3. The fourth-order valence-electron chi connectivity index (χ4n) is 0.882. The minimum Gasteiger partial charge on any atom is -0.550 e. The minimum absolute atomic E-state index is 0. The van der Waals surface area contributed by atoms with Crippen LogP contribution in [-0.2, 0) is 11.2 Å². The van der Waals surface area contributed by atoms with E-state index in [9.17, 15) is 14.3 Å². The van der Waals surface area contributed by atoms with Gasteiger partial charge < -0.3 is 15.6 Å². The van der Waals surface area contributed by atoms with Gasteiger partial charge in [0, 0.05) is 18.1 Å². The Labute approximate surface area is 97.0 Å². The number of anilines is 1. The maximum atomic E-state index is 12.4. The Balaban J connectivity index is 0.00000144. The quantitative estimate of drug-likeness (QED) is 0.393. The van der Waals surface area contributed by atoms with Crippen LogP contribution in [0.4, 0.5) is 10.1 Å². The molecule has 0 fully saturated rings. The summed E-state index contributed by atoms with van der Waals surface area (Å²) in [4.78, 5) is 10.1. The van der Waals surface area contributed by atoms with Gasteiger partial charge in [-0.3, -0.25) is 0 Å². The Kier molecular flexibility index (Phi) is 4.98. The first-order valence-corrected chi connectivity index (χ1v) is 3.33. The number of rotatable bonds is 2. The number of carboxylic acids is 1. The van der Waals surface area contributed by atoms with E-state index in [1.807, 2.05) is 0 Å². The summed E-state index contributed by atoms with van der Waals surface area (Å²) < 4.78 is 12.4. The number of nitrogen functional groups attached to an aromatic ring is 1. The molecular formula is C8H7FNNaO2. The van der Waals surface area contributed by atoms with E-state index in [1.165, 1.54) is 6.07 Å². The summed E-state index contributed by atoms with van der Waals surface area (Å²) in [6.07, 6.45) is -0.286. The molecule has 0 aliphatic heterocycles. The van der Waals surface area contributed by atoms with E-state index < -0.39 is 11.8 Å². The van der Waals surface area contributed by atoms with E-state index in [1.54, 1.807) is 0 Å². The van der Waals surface area contributed by atoms with Crippen molar-refractivity contribution in [3.63, 3.8) is 0 Å². The summed E-state index contributed by atoms with van der Waals surface area (Å²) in [7, 11) is 0. The van der Waals surface area contributed by atoms with Gasteiger partial charge in [0.05, 0.1) is 0 Å². The monoisotopic (exact) mass is 191 g/mol. The van der Waals surface area contributed by atoms with E-state index in [0.29, 0.717) is 5.56 Å². The number of nitrogens with two attached hydrogens (primary N) is 1. The minimum atomic E-state index is -1.23. The van der Waals surface area contributed by atoms with Crippen molar-refractivity contribution in [2.45, 2.75) is 6.42 Å². The maximum absolute atomic E-state index is 12.4. The molecule has 1 aromatic carbocycles. The standard InChI is InChI=1S/C8H8FNO2.Na/c9-6-2-1-5(3-8(11)12)7(10)4-6;/h1-2,4H,3,10H2,(H,11,12);/q;+1/p-1. The Hall–Kier alpha value is -0.580. The van der Waals surface area contributed by atoms with Crippen LogP contribution in [0.25, 0.3) is 0 Å². The van der Waals surface area contributed by atoms with Crippen molar-refractivity contribution in [1.29, 1.82) is 0 Å². The zero-order valence-electron chi connectivity index (χ0n) is 7.21. The van der Waals surface area contributed by atoms with Gasteiger partial charge in [0.25, 0.3) is 0 Å². The van der Waals surface area contributed by atoms with Crippen molar-refractivity contribution in [3.8, 4) is 0 Å². The predicted octanol–water partition coefficient (Wildman–Crippen LogP) is -3.30. The topological polar surface area (TPSA) is 66.2 Å². The molecule has 0 saturated carbocycles. The first-order valence-electron chi connectivity index (χ1n) is 3.33. The summed E-state index contributed by atoms with van der Waals surface area (Å²) >= 11 is 0. The molecule has 2 N–H and O–H groups in total. The molecule has 0 saturated heterocycles. The van der Waals surface area contributed by atoms with E-state index >= 15 is 0 Å². The zero-order chi connectivity index (χ0) is 9.14. The maximum Gasteiger partial charge on any atom is 1.00 e. The SMILES string of the molecule is Nc1cc(F)ccc1CC(=O)[O-].[Na+]. The number of hydrogen-bond donors (Lipinski definition) is 1. The third-order valence-electron chi connectivity index (χ3n) is 1.44. The van der Waals surface area contributed by atoms with Crippen molar-refractivity contribution < 1.29 is 43.8 Å². The van der Waals surface area contributed by atoms with Crippen LogP contribution in [0, 0.1) is 5.82 Å². The van der Waals surface area contributed by atoms with Gasteiger partial charge in [-0.15, -0.1) is 0 Å².